The Morgan fingerprint density at radius 1 is 1.67 bits per heavy atom. The standard InChI is InChI=1S/C7H11NO3S/c1-2-11-12(9,10)7-5-6(7)3-4-8/h6-7H,2-3,5H2,1H3/t6-,7+/m1/s1. The van der Waals surface area contributed by atoms with E-state index in [1.165, 1.54) is 0 Å². The van der Waals surface area contributed by atoms with Gasteiger partial charge in [0.15, 0.2) is 0 Å². The summed E-state index contributed by atoms with van der Waals surface area (Å²) in [6, 6.07) is 1.95. The Labute approximate surface area is 72.3 Å². The van der Waals surface area contributed by atoms with Crippen molar-refractivity contribution in [2.75, 3.05) is 6.61 Å². The van der Waals surface area contributed by atoms with Gasteiger partial charge in [-0.15, -0.1) is 0 Å². The summed E-state index contributed by atoms with van der Waals surface area (Å²) in [5, 5.41) is 7.89. The van der Waals surface area contributed by atoms with Crippen molar-refractivity contribution in [3.8, 4) is 6.07 Å². The van der Waals surface area contributed by atoms with Crippen LogP contribution in [0.25, 0.3) is 0 Å². The second-order valence-corrected chi connectivity index (χ2v) is 4.62. The minimum atomic E-state index is -3.36. The molecular formula is C7H11NO3S. The molecule has 1 rings (SSSR count). The summed E-state index contributed by atoms with van der Waals surface area (Å²) in [5.41, 5.74) is 0. The van der Waals surface area contributed by atoms with E-state index in [1.54, 1.807) is 6.92 Å². The zero-order valence-electron chi connectivity index (χ0n) is 6.86. The normalized spacial score (nSPS) is 28.0. The summed E-state index contributed by atoms with van der Waals surface area (Å²) in [4.78, 5) is 0. The molecule has 1 aliphatic rings. The van der Waals surface area contributed by atoms with Crippen LogP contribution in [0.15, 0.2) is 0 Å². The van der Waals surface area contributed by atoms with Crippen LogP contribution in [-0.4, -0.2) is 20.3 Å². The van der Waals surface area contributed by atoms with Crippen LogP contribution in [0.2, 0.25) is 0 Å². The predicted octanol–water partition coefficient (Wildman–Crippen LogP) is 0.655. The van der Waals surface area contributed by atoms with E-state index in [9.17, 15) is 8.42 Å². The molecule has 0 unspecified atom stereocenters. The first-order chi connectivity index (χ1) is 5.61. The van der Waals surface area contributed by atoms with E-state index >= 15 is 0 Å². The van der Waals surface area contributed by atoms with Gasteiger partial charge in [-0.25, -0.2) is 0 Å². The highest BCUT2D eigenvalue weighted by atomic mass is 32.2. The van der Waals surface area contributed by atoms with Gasteiger partial charge >= 0.3 is 0 Å². The van der Waals surface area contributed by atoms with Crippen LogP contribution in [0.5, 0.6) is 0 Å². The summed E-state index contributed by atoms with van der Waals surface area (Å²) < 4.78 is 26.9. The highest BCUT2D eigenvalue weighted by Crippen LogP contribution is 2.40. The van der Waals surface area contributed by atoms with Crippen molar-refractivity contribution in [3.63, 3.8) is 0 Å². The van der Waals surface area contributed by atoms with Crippen molar-refractivity contribution in [1.29, 1.82) is 5.26 Å². The molecule has 0 amide bonds. The van der Waals surface area contributed by atoms with Crippen LogP contribution in [0, 0.1) is 17.2 Å². The molecule has 0 aromatic heterocycles. The van der Waals surface area contributed by atoms with E-state index in [0.717, 1.165) is 0 Å². The van der Waals surface area contributed by atoms with Gasteiger partial charge in [0.05, 0.1) is 17.9 Å². The molecule has 68 valence electrons. The molecule has 0 N–H and O–H groups in total. The lowest BCUT2D eigenvalue weighted by Gasteiger charge is -1.99. The average molecular weight is 189 g/mol. The first kappa shape index (κ1) is 9.49. The van der Waals surface area contributed by atoms with E-state index in [1.807, 2.05) is 6.07 Å². The van der Waals surface area contributed by atoms with Gasteiger partial charge in [-0.05, 0) is 19.3 Å². The van der Waals surface area contributed by atoms with Gasteiger partial charge in [-0.1, -0.05) is 0 Å². The van der Waals surface area contributed by atoms with Crippen LogP contribution < -0.4 is 0 Å². The van der Waals surface area contributed by atoms with E-state index < -0.39 is 15.4 Å². The summed E-state index contributed by atoms with van der Waals surface area (Å²) >= 11 is 0. The SMILES string of the molecule is CCOS(=O)(=O)[C@H]1C[C@H]1CC#N. The molecule has 2 atom stereocenters. The summed E-state index contributed by atoms with van der Waals surface area (Å²) in [6.07, 6.45) is 0.896. The smallest absolute Gasteiger partial charge is 0.270 e. The zero-order chi connectivity index (χ0) is 9.19. The zero-order valence-corrected chi connectivity index (χ0v) is 7.67. The Morgan fingerprint density at radius 2 is 2.33 bits per heavy atom. The molecule has 1 aliphatic carbocycles. The molecule has 0 aromatic carbocycles. The number of hydrogen-bond donors (Lipinski definition) is 0. The van der Waals surface area contributed by atoms with E-state index in [2.05, 4.69) is 4.18 Å². The number of nitrogens with zero attached hydrogens (tertiary/aromatic N) is 1. The maximum Gasteiger partial charge on any atom is 0.270 e. The van der Waals surface area contributed by atoms with Crippen LogP contribution in [0.4, 0.5) is 0 Å². The number of rotatable bonds is 4. The minimum Gasteiger partial charge on any atom is -0.270 e. The average Bonchev–Trinajstić information content (AvgIpc) is 2.68. The molecule has 5 heteroatoms. The summed E-state index contributed by atoms with van der Waals surface area (Å²) in [6.45, 7) is 1.82. The Kier molecular flexibility index (Phi) is 2.70. The third-order valence-corrected chi connectivity index (χ3v) is 3.75. The van der Waals surface area contributed by atoms with E-state index in [-0.39, 0.29) is 12.5 Å². The van der Waals surface area contributed by atoms with Crippen molar-refractivity contribution in [1.82, 2.24) is 0 Å². The molecule has 0 aromatic rings. The summed E-state index contributed by atoms with van der Waals surface area (Å²) in [5.74, 6) is 0.00606. The molecule has 0 aliphatic heterocycles. The van der Waals surface area contributed by atoms with Crippen LogP contribution >= 0.6 is 0 Å². The van der Waals surface area contributed by atoms with Crippen LogP contribution in [0.1, 0.15) is 19.8 Å². The molecule has 12 heavy (non-hydrogen) atoms. The molecule has 0 bridgehead atoms. The lowest BCUT2D eigenvalue weighted by Crippen LogP contribution is -2.12. The number of nitriles is 1. The van der Waals surface area contributed by atoms with Gasteiger partial charge in [0.2, 0.25) is 0 Å². The minimum absolute atomic E-state index is 0.00606. The Bertz CT molecular complexity index is 290. The molecule has 0 heterocycles. The first-order valence-corrected chi connectivity index (χ1v) is 5.34. The molecule has 0 radical (unpaired) electrons. The second-order valence-electron chi connectivity index (χ2n) is 2.80. The fraction of sp³-hybridized carbons (Fsp3) is 0.857. The van der Waals surface area contributed by atoms with E-state index in [4.69, 9.17) is 5.26 Å². The largest absolute Gasteiger partial charge is 0.270 e. The van der Waals surface area contributed by atoms with Crippen molar-refractivity contribution >= 4 is 10.1 Å². The quantitative estimate of drug-likeness (QED) is 0.609. The van der Waals surface area contributed by atoms with Gasteiger partial charge in [0.1, 0.15) is 0 Å². The fourth-order valence-corrected chi connectivity index (χ4v) is 2.71. The van der Waals surface area contributed by atoms with Crippen molar-refractivity contribution < 1.29 is 12.6 Å². The Hall–Kier alpha value is -0.600. The lowest BCUT2D eigenvalue weighted by molar-refractivity contribution is 0.336. The van der Waals surface area contributed by atoms with Crippen molar-refractivity contribution in [3.05, 3.63) is 0 Å². The molecule has 1 fully saturated rings. The molecule has 0 spiro atoms. The fourth-order valence-electron chi connectivity index (χ4n) is 1.16. The summed E-state index contributed by atoms with van der Waals surface area (Å²) in [7, 11) is -3.36. The second kappa shape index (κ2) is 3.42. The monoisotopic (exact) mass is 189 g/mol. The maximum atomic E-state index is 11.1. The van der Waals surface area contributed by atoms with Crippen molar-refractivity contribution in [2.45, 2.75) is 25.0 Å². The Balaban J connectivity index is 2.48. The van der Waals surface area contributed by atoms with Gasteiger partial charge in [0.25, 0.3) is 10.1 Å². The molecular weight excluding hydrogens is 178 g/mol. The van der Waals surface area contributed by atoms with Crippen molar-refractivity contribution in [2.24, 2.45) is 5.92 Å². The molecule has 0 saturated heterocycles. The van der Waals surface area contributed by atoms with E-state index in [0.29, 0.717) is 12.8 Å². The van der Waals surface area contributed by atoms with Gasteiger partial charge in [-0.3, -0.25) is 4.18 Å². The highest BCUT2D eigenvalue weighted by Gasteiger charge is 2.47. The Morgan fingerprint density at radius 3 is 2.83 bits per heavy atom. The van der Waals surface area contributed by atoms with Gasteiger partial charge < -0.3 is 0 Å². The highest BCUT2D eigenvalue weighted by molar-refractivity contribution is 7.87. The predicted molar refractivity (Wildman–Crippen MR) is 42.7 cm³/mol. The maximum absolute atomic E-state index is 11.1. The number of hydrogen-bond acceptors (Lipinski definition) is 4. The van der Waals surface area contributed by atoms with Crippen LogP contribution in [-0.2, 0) is 14.3 Å². The lowest BCUT2D eigenvalue weighted by atomic mass is 10.3. The van der Waals surface area contributed by atoms with Crippen LogP contribution in [0.3, 0.4) is 0 Å². The molecule has 4 nitrogen and oxygen atoms in total. The topological polar surface area (TPSA) is 67.2 Å². The van der Waals surface area contributed by atoms with Gasteiger partial charge in [-0.2, -0.15) is 13.7 Å². The van der Waals surface area contributed by atoms with Gasteiger partial charge in [0, 0.05) is 6.42 Å². The first-order valence-electron chi connectivity index (χ1n) is 3.87. The molecule has 1 saturated carbocycles. The third-order valence-electron chi connectivity index (χ3n) is 1.86. The third kappa shape index (κ3) is 1.96.